The van der Waals surface area contributed by atoms with E-state index in [2.05, 4.69) is 6.07 Å². The predicted octanol–water partition coefficient (Wildman–Crippen LogP) is 2.55. The molecule has 0 heterocycles. The summed E-state index contributed by atoms with van der Waals surface area (Å²) in [6.07, 6.45) is 1.19. The highest BCUT2D eigenvalue weighted by Crippen LogP contribution is 2.31. The number of hydrogen-bond acceptors (Lipinski definition) is 3. The van der Waals surface area contributed by atoms with Crippen molar-refractivity contribution >= 4 is 0 Å². The molecule has 0 atom stereocenters. The molecule has 3 heteroatoms. The second-order valence-electron chi connectivity index (χ2n) is 3.04. The average Bonchev–Trinajstić information content (AvgIpc) is 2.28. The maximum atomic E-state index is 8.55. The summed E-state index contributed by atoms with van der Waals surface area (Å²) in [6.45, 7) is 2.53. The zero-order valence-electron chi connectivity index (χ0n) is 9.12. The lowest BCUT2D eigenvalue weighted by Gasteiger charge is -2.12. The number of aryl methyl sites for hydroxylation is 1. The zero-order valence-corrected chi connectivity index (χ0v) is 9.12. The summed E-state index contributed by atoms with van der Waals surface area (Å²) in [7, 11) is 1.62. The number of benzene rings is 1. The molecule has 0 aliphatic carbocycles. The lowest BCUT2D eigenvalue weighted by molar-refractivity contribution is 0.307. The van der Waals surface area contributed by atoms with Gasteiger partial charge >= 0.3 is 0 Å². The molecule has 1 aromatic carbocycles. The van der Waals surface area contributed by atoms with Crippen molar-refractivity contribution in [3.8, 4) is 17.6 Å². The summed E-state index contributed by atoms with van der Waals surface area (Å²) in [4.78, 5) is 0. The molecule has 0 amide bonds. The summed E-state index contributed by atoms with van der Waals surface area (Å²) in [5.74, 6) is 1.49. The number of rotatable bonds is 5. The lowest BCUT2D eigenvalue weighted by Crippen LogP contribution is -1.99. The predicted molar refractivity (Wildman–Crippen MR) is 58.1 cm³/mol. The van der Waals surface area contributed by atoms with Gasteiger partial charge in [-0.1, -0.05) is 12.1 Å². The summed E-state index contributed by atoms with van der Waals surface area (Å²) >= 11 is 0. The van der Waals surface area contributed by atoms with E-state index < -0.39 is 0 Å². The third-order valence-corrected chi connectivity index (χ3v) is 2.08. The molecule has 0 saturated carbocycles. The van der Waals surface area contributed by atoms with E-state index in [1.807, 2.05) is 25.1 Å². The maximum Gasteiger partial charge on any atom is 0.164 e. The van der Waals surface area contributed by atoms with Crippen LogP contribution in [0.2, 0.25) is 0 Å². The summed E-state index contributed by atoms with van der Waals surface area (Å²) in [6, 6.07) is 7.86. The van der Waals surface area contributed by atoms with Gasteiger partial charge in [0.25, 0.3) is 0 Å². The van der Waals surface area contributed by atoms with Crippen LogP contribution in [-0.2, 0) is 6.42 Å². The number of para-hydroxylation sites is 1. The van der Waals surface area contributed by atoms with Crippen molar-refractivity contribution in [3.63, 3.8) is 0 Å². The van der Waals surface area contributed by atoms with Gasteiger partial charge in [0, 0.05) is 6.42 Å². The molecule has 1 rings (SSSR count). The number of hydrogen-bond donors (Lipinski definition) is 0. The minimum absolute atomic E-state index is 0.493. The molecule has 0 spiro atoms. The first-order valence-electron chi connectivity index (χ1n) is 4.99. The van der Waals surface area contributed by atoms with E-state index in [0.29, 0.717) is 19.4 Å². The van der Waals surface area contributed by atoms with Crippen LogP contribution in [0.15, 0.2) is 18.2 Å². The van der Waals surface area contributed by atoms with Gasteiger partial charge in [-0.15, -0.1) is 0 Å². The third kappa shape index (κ3) is 2.88. The molecule has 0 saturated heterocycles. The van der Waals surface area contributed by atoms with Crippen LogP contribution >= 0.6 is 0 Å². The quantitative estimate of drug-likeness (QED) is 0.741. The van der Waals surface area contributed by atoms with Gasteiger partial charge in [-0.05, 0) is 25.0 Å². The van der Waals surface area contributed by atoms with Gasteiger partial charge in [0.15, 0.2) is 11.5 Å². The monoisotopic (exact) mass is 205 g/mol. The molecular weight excluding hydrogens is 190 g/mol. The zero-order chi connectivity index (χ0) is 11.1. The highest BCUT2D eigenvalue weighted by molar-refractivity contribution is 5.46. The fraction of sp³-hybridized carbons (Fsp3) is 0.417. The molecule has 0 aliphatic rings. The first kappa shape index (κ1) is 11.4. The van der Waals surface area contributed by atoms with Crippen molar-refractivity contribution in [2.24, 2.45) is 0 Å². The van der Waals surface area contributed by atoms with E-state index >= 15 is 0 Å². The minimum Gasteiger partial charge on any atom is -0.493 e. The van der Waals surface area contributed by atoms with Gasteiger partial charge < -0.3 is 9.47 Å². The van der Waals surface area contributed by atoms with Gasteiger partial charge in [0.2, 0.25) is 0 Å². The first-order valence-corrected chi connectivity index (χ1v) is 4.99. The topological polar surface area (TPSA) is 42.2 Å². The van der Waals surface area contributed by atoms with E-state index in [4.69, 9.17) is 14.7 Å². The van der Waals surface area contributed by atoms with Crippen LogP contribution < -0.4 is 9.47 Å². The summed E-state index contributed by atoms with van der Waals surface area (Å²) in [5.41, 5.74) is 1.03. The lowest BCUT2D eigenvalue weighted by atomic mass is 10.1. The SMILES string of the molecule is CCOc1c(CCC#N)cccc1OC. The Morgan fingerprint density at radius 1 is 1.40 bits per heavy atom. The van der Waals surface area contributed by atoms with Gasteiger partial charge in [-0.25, -0.2) is 0 Å². The van der Waals surface area contributed by atoms with Crippen molar-refractivity contribution in [1.29, 1.82) is 5.26 Å². The van der Waals surface area contributed by atoms with Crippen LogP contribution in [0.3, 0.4) is 0 Å². The molecule has 15 heavy (non-hydrogen) atoms. The molecule has 0 fully saturated rings. The number of ether oxygens (including phenoxy) is 2. The van der Waals surface area contributed by atoms with Gasteiger partial charge in [-0.3, -0.25) is 0 Å². The van der Waals surface area contributed by atoms with Crippen LogP contribution in [0, 0.1) is 11.3 Å². The molecule has 1 aromatic rings. The van der Waals surface area contributed by atoms with E-state index in [0.717, 1.165) is 17.1 Å². The van der Waals surface area contributed by atoms with Crippen molar-refractivity contribution < 1.29 is 9.47 Å². The Bertz CT molecular complexity index is 355. The largest absolute Gasteiger partial charge is 0.493 e. The molecular formula is C12H15NO2. The van der Waals surface area contributed by atoms with Gasteiger partial charge in [0.1, 0.15) is 0 Å². The van der Waals surface area contributed by atoms with Crippen LogP contribution in [0.1, 0.15) is 18.9 Å². The highest BCUT2D eigenvalue weighted by Gasteiger charge is 2.09. The summed E-state index contributed by atoms with van der Waals surface area (Å²) < 4.78 is 10.7. The fourth-order valence-corrected chi connectivity index (χ4v) is 1.42. The smallest absolute Gasteiger partial charge is 0.164 e. The van der Waals surface area contributed by atoms with Crippen LogP contribution in [0.25, 0.3) is 0 Å². The molecule has 0 unspecified atom stereocenters. The highest BCUT2D eigenvalue weighted by atomic mass is 16.5. The number of methoxy groups -OCH3 is 1. The molecule has 0 bridgehead atoms. The van der Waals surface area contributed by atoms with E-state index in [-0.39, 0.29) is 0 Å². The van der Waals surface area contributed by atoms with Crippen molar-refractivity contribution in [2.45, 2.75) is 19.8 Å². The van der Waals surface area contributed by atoms with Crippen LogP contribution in [0.5, 0.6) is 11.5 Å². The minimum atomic E-state index is 0.493. The molecule has 0 aliphatic heterocycles. The molecule has 3 nitrogen and oxygen atoms in total. The van der Waals surface area contributed by atoms with Crippen molar-refractivity contribution in [2.75, 3.05) is 13.7 Å². The number of nitriles is 1. The first-order chi connectivity index (χ1) is 7.33. The Morgan fingerprint density at radius 3 is 2.80 bits per heavy atom. The normalized spacial score (nSPS) is 9.40. The molecule has 80 valence electrons. The fourth-order valence-electron chi connectivity index (χ4n) is 1.42. The Balaban J connectivity index is 2.97. The Morgan fingerprint density at radius 2 is 2.20 bits per heavy atom. The van der Waals surface area contributed by atoms with E-state index in [1.165, 1.54) is 0 Å². The maximum absolute atomic E-state index is 8.55. The Labute approximate surface area is 90.2 Å². The van der Waals surface area contributed by atoms with Gasteiger partial charge in [-0.2, -0.15) is 5.26 Å². The van der Waals surface area contributed by atoms with E-state index in [1.54, 1.807) is 7.11 Å². The van der Waals surface area contributed by atoms with Crippen molar-refractivity contribution in [3.05, 3.63) is 23.8 Å². The summed E-state index contributed by atoms with van der Waals surface area (Å²) in [5, 5.41) is 8.55. The number of nitrogens with zero attached hydrogens (tertiary/aromatic N) is 1. The molecule has 0 N–H and O–H groups in total. The standard InChI is InChI=1S/C12H15NO2/c1-3-15-12-10(7-5-9-13)6-4-8-11(12)14-2/h4,6,8H,3,5,7H2,1-2H3. The van der Waals surface area contributed by atoms with Gasteiger partial charge in [0.05, 0.1) is 19.8 Å². The van der Waals surface area contributed by atoms with E-state index in [9.17, 15) is 0 Å². The second kappa shape index (κ2) is 5.92. The Kier molecular flexibility index (Phi) is 4.49. The van der Waals surface area contributed by atoms with Crippen LogP contribution in [-0.4, -0.2) is 13.7 Å². The molecule has 0 aromatic heterocycles. The van der Waals surface area contributed by atoms with Crippen molar-refractivity contribution in [1.82, 2.24) is 0 Å². The molecule has 0 radical (unpaired) electrons. The second-order valence-corrected chi connectivity index (χ2v) is 3.04. The Hall–Kier alpha value is -1.69. The van der Waals surface area contributed by atoms with Crippen LogP contribution in [0.4, 0.5) is 0 Å². The third-order valence-electron chi connectivity index (χ3n) is 2.08. The average molecular weight is 205 g/mol.